The number of amides is 1. The molecule has 0 unspecified atom stereocenters. The van der Waals surface area contributed by atoms with Crippen LogP contribution in [-0.2, 0) is 17.9 Å². The maximum atomic E-state index is 12.8. The van der Waals surface area contributed by atoms with E-state index < -0.39 is 5.97 Å². The van der Waals surface area contributed by atoms with Gasteiger partial charge in [0.1, 0.15) is 18.1 Å². The van der Waals surface area contributed by atoms with E-state index in [0.29, 0.717) is 35.9 Å². The Labute approximate surface area is 197 Å². The van der Waals surface area contributed by atoms with E-state index in [-0.39, 0.29) is 12.5 Å². The minimum Gasteiger partial charge on any atom is -0.486 e. The van der Waals surface area contributed by atoms with E-state index in [9.17, 15) is 9.59 Å². The van der Waals surface area contributed by atoms with Gasteiger partial charge in [0.2, 0.25) is 0 Å². The lowest BCUT2D eigenvalue weighted by Gasteiger charge is -2.34. The van der Waals surface area contributed by atoms with E-state index in [4.69, 9.17) is 20.8 Å². The van der Waals surface area contributed by atoms with Gasteiger partial charge in [-0.15, -0.1) is 0 Å². The molecule has 33 heavy (non-hydrogen) atoms. The topological polar surface area (TPSA) is 72.2 Å². The third-order valence-electron chi connectivity index (χ3n) is 5.54. The number of benzene rings is 2. The Balaban J connectivity index is 1.27. The van der Waals surface area contributed by atoms with Crippen LogP contribution < -0.4 is 4.74 Å². The standard InChI is InChI=1S/C25H25ClN2O5/c1-31-25(30)18-6-8-20(9-7-18)32-17-21-10-11-23(33-21)24(29)28-14-12-27(13-15-28)16-19-4-2-3-5-22(19)26/h2-11H,12-17H2,1H3. The number of carbonyl (C=O) groups is 2. The maximum Gasteiger partial charge on any atom is 0.337 e. The summed E-state index contributed by atoms with van der Waals surface area (Å²) in [5.74, 6) is 0.907. The van der Waals surface area contributed by atoms with Gasteiger partial charge in [-0.3, -0.25) is 9.69 Å². The summed E-state index contributed by atoms with van der Waals surface area (Å²) in [7, 11) is 1.34. The normalized spacial score (nSPS) is 14.2. The maximum absolute atomic E-state index is 12.8. The molecule has 0 aliphatic carbocycles. The molecule has 1 saturated heterocycles. The van der Waals surface area contributed by atoms with Crippen molar-refractivity contribution in [1.29, 1.82) is 0 Å². The van der Waals surface area contributed by atoms with Gasteiger partial charge in [-0.1, -0.05) is 29.8 Å². The highest BCUT2D eigenvalue weighted by atomic mass is 35.5. The molecule has 0 bridgehead atoms. The van der Waals surface area contributed by atoms with Crippen LogP contribution in [0.2, 0.25) is 5.02 Å². The minimum atomic E-state index is -0.402. The number of esters is 1. The fourth-order valence-electron chi connectivity index (χ4n) is 3.66. The SMILES string of the molecule is COC(=O)c1ccc(OCc2ccc(C(=O)N3CCN(Cc4ccccc4Cl)CC3)o2)cc1. The molecule has 172 valence electrons. The number of nitrogens with zero attached hydrogens (tertiary/aromatic N) is 2. The first-order chi connectivity index (χ1) is 16.0. The number of halogens is 1. The van der Waals surface area contributed by atoms with Gasteiger partial charge in [0.15, 0.2) is 5.76 Å². The monoisotopic (exact) mass is 468 g/mol. The molecular formula is C25H25ClN2O5. The van der Waals surface area contributed by atoms with Gasteiger partial charge in [-0.25, -0.2) is 4.79 Å². The van der Waals surface area contributed by atoms with Crippen LogP contribution in [0, 0.1) is 0 Å². The lowest BCUT2D eigenvalue weighted by atomic mass is 10.2. The van der Waals surface area contributed by atoms with E-state index in [0.717, 1.165) is 30.2 Å². The fourth-order valence-corrected chi connectivity index (χ4v) is 3.86. The Hall–Kier alpha value is -3.29. The average Bonchev–Trinajstić information content (AvgIpc) is 3.33. The lowest BCUT2D eigenvalue weighted by molar-refractivity contribution is 0.0590. The average molecular weight is 469 g/mol. The van der Waals surface area contributed by atoms with Crippen molar-refractivity contribution >= 4 is 23.5 Å². The number of carbonyl (C=O) groups excluding carboxylic acids is 2. The van der Waals surface area contributed by atoms with Crippen molar-refractivity contribution in [3.8, 4) is 5.75 Å². The molecule has 7 nitrogen and oxygen atoms in total. The number of piperazine rings is 1. The summed E-state index contributed by atoms with van der Waals surface area (Å²) in [5.41, 5.74) is 1.54. The molecule has 4 rings (SSSR count). The Morgan fingerprint density at radius 3 is 2.39 bits per heavy atom. The van der Waals surface area contributed by atoms with Gasteiger partial charge in [0, 0.05) is 37.7 Å². The molecule has 2 aromatic carbocycles. The molecule has 0 saturated carbocycles. The predicted octanol–water partition coefficient (Wildman–Crippen LogP) is 4.26. The van der Waals surface area contributed by atoms with Gasteiger partial charge in [0.25, 0.3) is 5.91 Å². The van der Waals surface area contributed by atoms with Crippen LogP contribution in [0.3, 0.4) is 0 Å². The van der Waals surface area contributed by atoms with Crippen molar-refractivity contribution in [3.63, 3.8) is 0 Å². The second-order valence-electron chi connectivity index (χ2n) is 7.73. The smallest absolute Gasteiger partial charge is 0.337 e. The van der Waals surface area contributed by atoms with Crippen molar-refractivity contribution in [2.75, 3.05) is 33.3 Å². The summed E-state index contributed by atoms with van der Waals surface area (Å²) in [4.78, 5) is 28.4. The largest absolute Gasteiger partial charge is 0.486 e. The van der Waals surface area contributed by atoms with Crippen LogP contribution in [0.15, 0.2) is 65.1 Å². The van der Waals surface area contributed by atoms with Gasteiger partial charge in [0.05, 0.1) is 12.7 Å². The van der Waals surface area contributed by atoms with Crippen molar-refractivity contribution in [2.45, 2.75) is 13.2 Å². The lowest BCUT2D eigenvalue weighted by Crippen LogP contribution is -2.48. The quantitative estimate of drug-likeness (QED) is 0.482. The molecule has 1 aromatic heterocycles. The van der Waals surface area contributed by atoms with Gasteiger partial charge in [-0.05, 0) is 48.0 Å². The molecule has 1 aliphatic rings. The molecule has 1 aliphatic heterocycles. The van der Waals surface area contributed by atoms with Crippen LogP contribution in [0.5, 0.6) is 5.75 Å². The highest BCUT2D eigenvalue weighted by Gasteiger charge is 2.24. The van der Waals surface area contributed by atoms with Gasteiger partial charge in [-0.2, -0.15) is 0 Å². The first-order valence-electron chi connectivity index (χ1n) is 10.7. The number of ether oxygens (including phenoxy) is 2. The second-order valence-corrected chi connectivity index (χ2v) is 8.14. The fraction of sp³-hybridized carbons (Fsp3) is 0.280. The first kappa shape index (κ1) is 22.9. The number of hydrogen-bond acceptors (Lipinski definition) is 6. The van der Waals surface area contributed by atoms with Crippen LogP contribution >= 0.6 is 11.6 Å². The van der Waals surface area contributed by atoms with Gasteiger partial charge < -0.3 is 18.8 Å². The van der Waals surface area contributed by atoms with E-state index >= 15 is 0 Å². The third kappa shape index (κ3) is 5.74. The summed E-state index contributed by atoms with van der Waals surface area (Å²) in [6.45, 7) is 3.75. The van der Waals surface area contributed by atoms with E-state index in [2.05, 4.69) is 9.64 Å². The molecule has 8 heteroatoms. The predicted molar refractivity (Wildman–Crippen MR) is 123 cm³/mol. The minimum absolute atomic E-state index is 0.124. The molecule has 0 spiro atoms. The molecule has 3 aromatic rings. The highest BCUT2D eigenvalue weighted by molar-refractivity contribution is 6.31. The molecule has 1 fully saturated rings. The van der Waals surface area contributed by atoms with Crippen molar-refractivity contribution in [3.05, 3.63) is 88.3 Å². The van der Waals surface area contributed by atoms with E-state index in [1.807, 2.05) is 24.3 Å². The van der Waals surface area contributed by atoms with Crippen LogP contribution in [0.25, 0.3) is 0 Å². The van der Waals surface area contributed by atoms with E-state index in [1.54, 1.807) is 41.3 Å². The Kier molecular flexibility index (Phi) is 7.32. The van der Waals surface area contributed by atoms with Crippen molar-refractivity contribution in [1.82, 2.24) is 9.80 Å². The van der Waals surface area contributed by atoms with E-state index in [1.165, 1.54) is 7.11 Å². The molecule has 1 amide bonds. The Bertz CT molecular complexity index is 1100. The first-order valence-corrected chi connectivity index (χ1v) is 11.1. The van der Waals surface area contributed by atoms with Crippen LogP contribution in [-0.4, -0.2) is 55.0 Å². The number of rotatable bonds is 7. The molecule has 2 heterocycles. The zero-order chi connectivity index (χ0) is 23.2. The second kappa shape index (κ2) is 10.6. The summed E-state index contributed by atoms with van der Waals surface area (Å²) in [6.07, 6.45) is 0. The summed E-state index contributed by atoms with van der Waals surface area (Å²) in [5, 5.41) is 0.765. The number of furan rings is 1. The third-order valence-corrected chi connectivity index (χ3v) is 5.91. The summed E-state index contributed by atoms with van der Waals surface area (Å²) in [6, 6.07) is 17.9. The number of methoxy groups -OCH3 is 1. The summed E-state index contributed by atoms with van der Waals surface area (Å²) >= 11 is 6.26. The number of hydrogen-bond donors (Lipinski definition) is 0. The Morgan fingerprint density at radius 2 is 1.70 bits per heavy atom. The molecule has 0 atom stereocenters. The zero-order valence-corrected chi connectivity index (χ0v) is 19.1. The summed E-state index contributed by atoms with van der Waals surface area (Å²) < 4.78 is 16.1. The van der Waals surface area contributed by atoms with Crippen LogP contribution in [0.4, 0.5) is 0 Å². The van der Waals surface area contributed by atoms with Crippen molar-refractivity contribution < 1.29 is 23.5 Å². The van der Waals surface area contributed by atoms with Crippen LogP contribution in [0.1, 0.15) is 32.2 Å². The molecule has 0 N–H and O–H groups in total. The molecule has 0 radical (unpaired) electrons. The van der Waals surface area contributed by atoms with Crippen molar-refractivity contribution in [2.24, 2.45) is 0 Å². The Morgan fingerprint density at radius 1 is 0.970 bits per heavy atom. The highest BCUT2D eigenvalue weighted by Crippen LogP contribution is 2.20. The van der Waals surface area contributed by atoms with Gasteiger partial charge >= 0.3 is 5.97 Å². The zero-order valence-electron chi connectivity index (χ0n) is 18.3. The molecular weight excluding hydrogens is 444 g/mol.